The maximum atomic E-state index is 12.6. The van der Waals surface area contributed by atoms with E-state index in [-0.39, 0.29) is 5.69 Å². The Labute approximate surface area is 164 Å². The molecule has 2 aromatic rings. The molecule has 10 nitrogen and oxygen atoms in total. The van der Waals surface area contributed by atoms with Gasteiger partial charge in [0, 0.05) is 17.2 Å². The molecule has 1 N–H and O–H groups in total. The number of methoxy groups -OCH3 is 1. The van der Waals surface area contributed by atoms with E-state index < -0.39 is 38.5 Å². The average Bonchev–Trinajstić information content (AvgIpc) is 2.62. The minimum Gasteiger partial charge on any atom is -0.485 e. The van der Waals surface area contributed by atoms with Crippen LogP contribution in [0.25, 0.3) is 0 Å². The van der Waals surface area contributed by atoms with Gasteiger partial charge >= 0.3 is 11.4 Å². The molecule has 0 radical (unpaired) electrons. The number of nitro groups is 2. The molecule has 0 aliphatic heterocycles. The van der Waals surface area contributed by atoms with Crippen molar-refractivity contribution in [1.29, 1.82) is 0 Å². The summed E-state index contributed by atoms with van der Waals surface area (Å²) in [6, 6.07) is 8.26. The van der Waals surface area contributed by atoms with E-state index in [0.717, 1.165) is 19.2 Å². The zero-order valence-corrected chi connectivity index (χ0v) is 15.9. The number of halogens is 1. The molecule has 0 spiro atoms. The zero-order valence-electron chi connectivity index (χ0n) is 15.1. The third kappa shape index (κ3) is 4.65. The van der Waals surface area contributed by atoms with Crippen LogP contribution in [-0.2, 0) is 4.79 Å². The molecule has 0 atom stereocenters. The summed E-state index contributed by atoms with van der Waals surface area (Å²) < 4.78 is 10.4. The number of nitrogens with zero attached hydrogens (tertiary/aromatic N) is 2. The maximum Gasteiger partial charge on any atom is 0.320 e. The molecule has 0 saturated heterocycles. The van der Waals surface area contributed by atoms with Crippen LogP contribution in [0.2, 0.25) is 5.02 Å². The van der Waals surface area contributed by atoms with E-state index in [0.29, 0.717) is 10.8 Å². The topological polar surface area (TPSA) is 134 Å². The normalized spacial score (nSPS) is 10.9. The lowest BCUT2D eigenvalue weighted by Gasteiger charge is -2.25. The largest absolute Gasteiger partial charge is 0.485 e. The van der Waals surface area contributed by atoms with E-state index >= 15 is 0 Å². The van der Waals surface area contributed by atoms with Gasteiger partial charge in [-0.25, -0.2) is 0 Å². The summed E-state index contributed by atoms with van der Waals surface area (Å²) in [4.78, 5) is 33.3. The zero-order chi connectivity index (χ0) is 21.1. The quantitative estimate of drug-likeness (QED) is 0.540. The highest BCUT2D eigenvalue weighted by Gasteiger charge is 2.33. The van der Waals surface area contributed by atoms with Gasteiger partial charge < -0.3 is 14.8 Å². The third-order valence-corrected chi connectivity index (χ3v) is 3.89. The minimum absolute atomic E-state index is 0.142. The van der Waals surface area contributed by atoms with Crippen molar-refractivity contribution in [2.75, 3.05) is 12.4 Å². The summed E-state index contributed by atoms with van der Waals surface area (Å²) in [6.07, 6.45) is 0. The Morgan fingerprint density at radius 3 is 2.00 bits per heavy atom. The molecule has 148 valence electrons. The molecule has 11 heteroatoms. The van der Waals surface area contributed by atoms with E-state index in [2.05, 4.69) is 5.32 Å². The number of nitrogens with one attached hydrogen (secondary N) is 1. The molecule has 0 fully saturated rings. The van der Waals surface area contributed by atoms with Crippen LogP contribution in [0.4, 0.5) is 17.1 Å². The highest BCUT2D eigenvalue weighted by Crippen LogP contribution is 2.39. The maximum absolute atomic E-state index is 12.6. The Morgan fingerprint density at radius 1 is 1.07 bits per heavy atom. The van der Waals surface area contributed by atoms with E-state index in [4.69, 9.17) is 21.1 Å². The lowest BCUT2D eigenvalue weighted by atomic mass is 10.1. The van der Waals surface area contributed by atoms with E-state index in [1.165, 1.54) is 13.8 Å². The van der Waals surface area contributed by atoms with Crippen molar-refractivity contribution in [1.82, 2.24) is 0 Å². The monoisotopic (exact) mass is 409 g/mol. The molecule has 1 amide bonds. The number of rotatable bonds is 7. The Hall–Kier alpha value is -3.40. The van der Waals surface area contributed by atoms with Crippen molar-refractivity contribution < 1.29 is 24.1 Å². The Kier molecular flexibility index (Phi) is 6.04. The third-order valence-electron chi connectivity index (χ3n) is 3.64. The van der Waals surface area contributed by atoms with Gasteiger partial charge in [-0.05, 0) is 38.1 Å². The molecule has 0 unspecified atom stereocenters. The number of hydrogen-bond donors (Lipinski definition) is 1. The van der Waals surface area contributed by atoms with Crippen molar-refractivity contribution in [2.45, 2.75) is 19.4 Å². The number of carbonyl (C=O) groups is 1. The Bertz CT molecular complexity index is 894. The first-order valence-corrected chi connectivity index (χ1v) is 8.20. The van der Waals surface area contributed by atoms with Crippen molar-refractivity contribution in [3.05, 3.63) is 61.6 Å². The van der Waals surface area contributed by atoms with Crippen LogP contribution in [-0.4, -0.2) is 28.5 Å². The van der Waals surface area contributed by atoms with Crippen molar-refractivity contribution in [2.24, 2.45) is 0 Å². The van der Waals surface area contributed by atoms with E-state index in [1.807, 2.05) is 0 Å². The van der Waals surface area contributed by atoms with Gasteiger partial charge in [-0.15, -0.1) is 0 Å². The van der Waals surface area contributed by atoms with Crippen LogP contribution in [0.1, 0.15) is 13.8 Å². The number of benzene rings is 2. The van der Waals surface area contributed by atoms with Crippen LogP contribution < -0.4 is 14.8 Å². The summed E-state index contributed by atoms with van der Waals surface area (Å²) in [5, 5.41) is 25.3. The molecule has 2 aromatic carbocycles. The van der Waals surface area contributed by atoms with Gasteiger partial charge in [0.25, 0.3) is 11.7 Å². The summed E-state index contributed by atoms with van der Waals surface area (Å²) in [7, 11) is 1.08. The molecular formula is C17H16ClN3O7. The van der Waals surface area contributed by atoms with Crippen molar-refractivity contribution in [3.63, 3.8) is 0 Å². The Balaban J connectivity index is 2.32. The van der Waals surface area contributed by atoms with Crippen molar-refractivity contribution >= 4 is 34.6 Å². The van der Waals surface area contributed by atoms with E-state index in [9.17, 15) is 25.0 Å². The highest BCUT2D eigenvalue weighted by molar-refractivity contribution is 6.30. The molecule has 0 bridgehead atoms. The highest BCUT2D eigenvalue weighted by atomic mass is 35.5. The molecular weight excluding hydrogens is 394 g/mol. The summed E-state index contributed by atoms with van der Waals surface area (Å²) in [5.41, 5.74) is -2.83. The fourth-order valence-corrected chi connectivity index (χ4v) is 2.40. The molecule has 28 heavy (non-hydrogen) atoms. The summed E-state index contributed by atoms with van der Waals surface area (Å²) >= 11 is 5.80. The second-order valence-electron chi connectivity index (χ2n) is 6.08. The average molecular weight is 410 g/mol. The second kappa shape index (κ2) is 8.09. The number of anilines is 1. The SMILES string of the molecule is COc1c([N+](=O)[O-])cc(NC(=O)C(C)(C)Oc2ccc(Cl)cc2)cc1[N+](=O)[O-]. The number of amides is 1. The smallest absolute Gasteiger partial charge is 0.320 e. The van der Waals surface area contributed by atoms with Gasteiger partial charge in [0.1, 0.15) is 5.75 Å². The molecule has 2 rings (SSSR count). The molecule has 0 aliphatic carbocycles. The standard InChI is InChI=1S/C17H16ClN3O7/c1-17(2,28-12-6-4-10(18)5-7-12)16(22)19-11-8-13(20(23)24)15(27-3)14(9-11)21(25)26/h4-9H,1-3H3,(H,19,22). The van der Waals surface area contributed by atoms with Crippen LogP contribution in [0.3, 0.4) is 0 Å². The predicted octanol–water partition coefficient (Wildman–Crippen LogP) is 3.96. The number of carbonyl (C=O) groups excluding carboxylic acids is 1. The van der Waals surface area contributed by atoms with Gasteiger partial charge in [0.15, 0.2) is 5.60 Å². The second-order valence-corrected chi connectivity index (χ2v) is 6.52. The van der Waals surface area contributed by atoms with Crippen LogP contribution in [0.15, 0.2) is 36.4 Å². The van der Waals surface area contributed by atoms with Crippen LogP contribution in [0, 0.1) is 20.2 Å². The lowest BCUT2D eigenvalue weighted by Crippen LogP contribution is -2.42. The molecule has 0 aliphatic rings. The van der Waals surface area contributed by atoms with Gasteiger partial charge in [0.2, 0.25) is 0 Å². The summed E-state index contributed by atoms with van der Waals surface area (Å²) in [6.45, 7) is 2.95. The van der Waals surface area contributed by atoms with Crippen molar-refractivity contribution in [3.8, 4) is 11.5 Å². The van der Waals surface area contributed by atoms with Gasteiger partial charge in [-0.3, -0.25) is 25.0 Å². The van der Waals surface area contributed by atoms with Crippen LogP contribution >= 0.6 is 11.6 Å². The number of hydrogen-bond acceptors (Lipinski definition) is 7. The number of ether oxygens (including phenoxy) is 2. The number of nitro benzene ring substituents is 2. The molecule has 0 aromatic heterocycles. The lowest BCUT2D eigenvalue weighted by molar-refractivity contribution is -0.395. The first kappa shape index (κ1) is 20.9. The fraction of sp³-hybridized carbons (Fsp3) is 0.235. The van der Waals surface area contributed by atoms with Gasteiger partial charge in [-0.2, -0.15) is 0 Å². The Morgan fingerprint density at radius 2 is 1.57 bits per heavy atom. The first-order valence-electron chi connectivity index (χ1n) is 7.82. The minimum atomic E-state index is -1.39. The van der Waals surface area contributed by atoms with Crippen LogP contribution in [0.5, 0.6) is 11.5 Å². The molecule has 0 heterocycles. The first-order chi connectivity index (χ1) is 13.0. The fourth-order valence-electron chi connectivity index (χ4n) is 2.28. The summed E-state index contributed by atoms with van der Waals surface area (Å²) in [5.74, 6) is -0.808. The predicted molar refractivity (Wildman–Crippen MR) is 101 cm³/mol. The molecule has 0 saturated carbocycles. The van der Waals surface area contributed by atoms with Gasteiger partial charge in [-0.1, -0.05) is 11.6 Å². The van der Waals surface area contributed by atoms with E-state index in [1.54, 1.807) is 24.3 Å². The van der Waals surface area contributed by atoms with Gasteiger partial charge in [0.05, 0.1) is 22.6 Å².